The molecule has 0 radical (unpaired) electrons. The van der Waals surface area contributed by atoms with Gasteiger partial charge in [-0.05, 0) is 64.1 Å². The lowest BCUT2D eigenvalue weighted by Gasteiger charge is -2.34. The first-order valence-corrected chi connectivity index (χ1v) is 16.3. The zero-order valence-corrected chi connectivity index (χ0v) is 25.0. The number of hydrazone groups is 1. The van der Waals surface area contributed by atoms with Gasteiger partial charge in [0.25, 0.3) is 0 Å². The summed E-state index contributed by atoms with van der Waals surface area (Å²) in [5.74, 6) is 0.545. The first-order valence-electron chi connectivity index (χ1n) is 14.4. The van der Waals surface area contributed by atoms with Crippen molar-refractivity contribution >= 4 is 46.8 Å². The van der Waals surface area contributed by atoms with Crippen LogP contribution in [-0.2, 0) is 4.43 Å². The average Bonchev–Trinajstić information content (AvgIpc) is 3.09. The predicted molar refractivity (Wildman–Crippen MR) is 182 cm³/mol. The van der Waals surface area contributed by atoms with Gasteiger partial charge in [-0.2, -0.15) is 0 Å². The van der Waals surface area contributed by atoms with E-state index >= 15 is 0 Å². The van der Waals surface area contributed by atoms with Crippen LogP contribution >= 0.6 is 0 Å². The molecule has 0 spiro atoms. The Balaban J connectivity index is 1.46. The fraction of sp³-hybridized carbons (Fsp3) is 0.0263. The van der Waals surface area contributed by atoms with Crippen LogP contribution in [0, 0.1) is 0 Å². The quantitative estimate of drug-likeness (QED) is 0.0684. The molecule has 0 fully saturated rings. The fourth-order valence-corrected chi connectivity index (χ4v) is 9.24. The monoisotopic (exact) mass is 575 g/mol. The molecule has 0 bridgehead atoms. The van der Waals surface area contributed by atoms with Crippen LogP contribution < -0.4 is 25.9 Å². The third-order valence-electron chi connectivity index (χ3n) is 7.41. The van der Waals surface area contributed by atoms with E-state index in [4.69, 9.17) is 9.53 Å². The lowest BCUT2D eigenvalue weighted by Crippen LogP contribution is -2.70. The second kappa shape index (κ2) is 13.1. The SMILES string of the molecule is CN/N=C(\O[Si](c1ccccc1)(c1ccccc1)c1ccccc1)c1ccc(N(c2ccccc2)c2ccccc2)cc1. The molecule has 0 saturated carbocycles. The number of nitrogens with one attached hydrogen (secondary N) is 1. The van der Waals surface area contributed by atoms with Gasteiger partial charge in [-0.25, -0.2) is 0 Å². The molecule has 6 rings (SSSR count). The van der Waals surface area contributed by atoms with Crippen LogP contribution in [0.5, 0.6) is 0 Å². The normalized spacial score (nSPS) is 11.5. The second-order valence-electron chi connectivity index (χ2n) is 10.1. The van der Waals surface area contributed by atoms with Crippen molar-refractivity contribution < 1.29 is 4.43 Å². The zero-order valence-electron chi connectivity index (χ0n) is 24.0. The third-order valence-corrected chi connectivity index (χ3v) is 11.3. The van der Waals surface area contributed by atoms with E-state index in [1.807, 2.05) is 30.3 Å². The summed E-state index contributed by atoms with van der Waals surface area (Å²) >= 11 is 0. The average molecular weight is 576 g/mol. The summed E-state index contributed by atoms with van der Waals surface area (Å²) in [6.45, 7) is 0. The molecule has 0 amide bonds. The smallest absolute Gasteiger partial charge is 0.348 e. The molecular weight excluding hydrogens is 543 g/mol. The Kier molecular flexibility index (Phi) is 8.43. The highest BCUT2D eigenvalue weighted by Gasteiger charge is 2.45. The Morgan fingerprint density at radius 1 is 0.488 bits per heavy atom. The minimum Gasteiger partial charge on any atom is -0.516 e. The van der Waals surface area contributed by atoms with Gasteiger partial charge in [-0.15, -0.1) is 5.10 Å². The largest absolute Gasteiger partial charge is 0.516 e. The van der Waals surface area contributed by atoms with Gasteiger partial charge in [0.05, 0.1) is 0 Å². The van der Waals surface area contributed by atoms with Gasteiger partial charge in [-0.3, -0.25) is 0 Å². The highest BCUT2D eigenvalue weighted by atomic mass is 28.4. The van der Waals surface area contributed by atoms with Crippen molar-refractivity contribution in [1.29, 1.82) is 0 Å². The van der Waals surface area contributed by atoms with Crippen LogP contribution in [0.25, 0.3) is 0 Å². The van der Waals surface area contributed by atoms with Crippen molar-refractivity contribution in [3.63, 3.8) is 0 Å². The van der Waals surface area contributed by atoms with Gasteiger partial charge in [0.15, 0.2) is 0 Å². The maximum Gasteiger partial charge on any atom is 0.348 e. The van der Waals surface area contributed by atoms with Crippen LogP contribution in [0.1, 0.15) is 5.56 Å². The molecule has 0 atom stereocenters. The summed E-state index contributed by atoms with van der Waals surface area (Å²) in [6, 6.07) is 60.9. The molecule has 6 aromatic rings. The van der Waals surface area contributed by atoms with E-state index in [1.54, 1.807) is 7.05 Å². The molecular formula is C38H33N3OSi. The summed E-state index contributed by atoms with van der Waals surface area (Å²) in [4.78, 5) is 2.25. The summed E-state index contributed by atoms with van der Waals surface area (Å²) in [6.07, 6.45) is 0. The highest BCUT2D eigenvalue weighted by Crippen LogP contribution is 2.34. The fourth-order valence-electron chi connectivity index (χ4n) is 5.44. The van der Waals surface area contributed by atoms with Crippen molar-refractivity contribution in [3.8, 4) is 0 Å². The van der Waals surface area contributed by atoms with Gasteiger partial charge in [0.2, 0.25) is 5.90 Å². The lowest BCUT2D eigenvalue weighted by atomic mass is 10.1. The van der Waals surface area contributed by atoms with Gasteiger partial charge in [-0.1, -0.05) is 127 Å². The Hall–Kier alpha value is -5.39. The summed E-state index contributed by atoms with van der Waals surface area (Å²) in [5.41, 5.74) is 7.12. The second-order valence-corrected chi connectivity index (χ2v) is 13.4. The molecule has 0 unspecified atom stereocenters. The number of rotatable bonds is 9. The van der Waals surface area contributed by atoms with Crippen molar-refractivity contribution in [1.82, 2.24) is 5.43 Å². The van der Waals surface area contributed by atoms with Crippen molar-refractivity contribution in [3.05, 3.63) is 181 Å². The number of para-hydroxylation sites is 2. The molecule has 0 aliphatic heterocycles. The van der Waals surface area contributed by atoms with E-state index in [-0.39, 0.29) is 0 Å². The maximum absolute atomic E-state index is 7.31. The Morgan fingerprint density at radius 3 is 1.21 bits per heavy atom. The molecule has 210 valence electrons. The molecule has 4 nitrogen and oxygen atoms in total. The molecule has 43 heavy (non-hydrogen) atoms. The van der Waals surface area contributed by atoms with E-state index in [1.165, 1.54) is 0 Å². The number of hydrogen-bond acceptors (Lipinski definition) is 4. The number of hydrogen-bond donors (Lipinski definition) is 1. The molecule has 0 aromatic heterocycles. The van der Waals surface area contributed by atoms with Crippen LogP contribution in [0.3, 0.4) is 0 Å². The predicted octanol–water partition coefficient (Wildman–Crippen LogP) is 6.72. The van der Waals surface area contributed by atoms with Crippen molar-refractivity contribution in [2.75, 3.05) is 11.9 Å². The minimum absolute atomic E-state index is 0.545. The van der Waals surface area contributed by atoms with E-state index in [0.29, 0.717) is 5.90 Å². The van der Waals surface area contributed by atoms with Crippen LogP contribution in [0.4, 0.5) is 17.1 Å². The van der Waals surface area contributed by atoms with Crippen LogP contribution in [-0.4, -0.2) is 21.3 Å². The van der Waals surface area contributed by atoms with Crippen LogP contribution in [0.2, 0.25) is 0 Å². The van der Waals surface area contributed by atoms with E-state index in [2.05, 4.69) is 156 Å². The lowest BCUT2D eigenvalue weighted by molar-refractivity contribution is 0.563. The first kappa shape index (κ1) is 27.8. The van der Waals surface area contributed by atoms with E-state index < -0.39 is 8.32 Å². The Labute approximate surface area is 254 Å². The highest BCUT2D eigenvalue weighted by molar-refractivity contribution is 7.08. The van der Waals surface area contributed by atoms with Crippen molar-refractivity contribution in [2.45, 2.75) is 0 Å². The molecule has 0 heterocycles. The first-order chi connectivity index (χ1) is 21.3. The molecule has 0 aliphatic rings. The van der Waals surface area contributed by atoms with Gasteiger partial charge in [0, 0.05) is 29.7 Å². The molecule has 1 N–H and O–H groups in total. The van der Waals surface area contributed by atoms with Gasteiger partial charge >= 0.3 is 8.32 Å². The number of nitrogens with zero attached hydrogens (tertiary/aromatic N) is 2. The standard InChI is InChI=1S/C38H33N3OSi/c1-39-40-38(31-27-29-34(30-28-31)41(32-17-7-2-8-18-32)33-19-9-3-10-20-33)42-43(35-21-11-4-12-22-35,36-23-13-5-14-24-36)37-25-15-6-16-26-37/h2-30,39H,1H3/b40-38-. The third kappa shape index (κ3) is 5.84. The number of anilines is 3. The van der Waals surface area contributed by atoms with Crippen molar-refractivity contribution in [2.24, 2.45) is 5.10 Å². The molecule has 0 aliphatic carbocycles. The summed E-state index contributed by atoms with van der Waals surface area (Å²) in [7, 11) is -1.22. The van der Waals surface area contributed by atoms with Gasteiger partial charge in [0.1, 0.15) is 0 Å². The zero-order chi connectivity index (χ0) is 29.3. The molecule has 6 aromatic carbocycles. The molecule has 0 saturated heterocycles. The van der Waals surface area contributed by atoms with E-state index in [0.717, 1.165) is 38.2 Å². The molecule has 5 heteroatoms. The minimum atomic E-state index is -3.03. The van der Waals surface area contributed by atoms with E-state index in [9.17, 15) is 0 Å². The summed E-state index contributed by atoms with van der Waals surface area (Å²) in [5, 5.41) is 8.15. The Bertz CT molecular complexity index is 1610. The summed E-state index contributed by atoms with van der Waals surface area (Å²) < 4.78 is 7.31. The van der Waals surface area contributed by atoms with Crippen LogP contribution in [0.15, 0.2) is 181 Å². The Morgan fingerprint density at radius 2 is 0.837 bits per heavy atom. The maximum atomic E-state index is 7.31. The number of benzene rings is 6. The topological polar surface area (TPSA) is 36.9 Å². The van der Waals surface area contributed by atoms with Gasteiger partial charge < -0.3 is 14.8 Å².